The monoisotopic (exact) mass is 356 g/mol. The van der Waals surface area contributed by atoms with Crippen LogP contribution in [0, 0.1) is 3.57 Å². The number of thioether (sulfide) groups is 2. The van der Waals surface area contributed by atoms with Crippen LogP contribution in [-0.4, -0.2) is 32.3 Å². The van der Waals surface area contributed by atoms with Crippen LogP contribution in [0.5, 0.6) is 5.88 Å². The molecule has 1 atom stereocenters. The highest BCUT2D eigenvalue weighted by Gasteiger charge is 2.20. The topological polar surface area (TPSA) is 66.0 Å². The number of halogens is 1. The number of aromatic nitrogens is 2. The summed E-state index contributed by atoms with van der Waals surface area (Å²) in [6, 6.07) is 0. The normalized spacial score (nSPS) is 21.5. The average molecular weight is 356 g/mol. The van der Waals surface area contributed by atoms with Gasteiger partial charge in [0.2, 0.25) is 5.88 Å². The third-order valence-corrected chi connectivity index (χ3v) is 5.72. The van der Waals surface area contributed by atoms with Gasteiger partial charge in [0.1, 0.15) is 9.39 Å². The minimum atomic E-state index is -0.255. The highest BCUT2D eigenvalue weighted by atomic mass is 127. The molecule has 0 aromatic carbocycles. The van der Waals surface area contributed by atoms with E-state index in [1.807, 2.05) is 11.8 Å². The number of hydrogen-bond acceptors (Lipinski definition) is 5. The molecule has 0 amide bonds. The lowest BCUT2D eigenvalue weighted by molar-refractivity contribution is 0.443. The predicted octanol–water partition coefficient (Wildman–Crippen LogP) is 1.60. The second-order valence-electron chi connectivity index (χ2n) is 3.02. The number of nitrogens with zero attached hydrogens (tertiary/aromatic N) is 1. The van der Waals surface area contributed by atoms with Crippen molar-refractivity contribution in [1.29, 1.82) is 0 Å². The number of nitrogens with one attached hydrogen (secondary N) is 1. The molecule has 0 radical (unpaired) electrons. The smallest absolute Gasteiger partial charge is 0.268 e. The van der Waals surface area contributed by atoms with E-state index in [0.717, 1.165) is 17.3 Å². The first-order valence-corrected chi connectivity index (χ1v) is 7.64. The maximum atomic E-state index is 11.4. The molecule has 1 aromatic rings. The average Bonchev–Trinajstić information content (AvgIpc) is 2.26. The van der Waals surface area contributed by atoms with E-state index >= 15 is 0 Å². The maximum Gasteiger partial charge on any atom is 0.268 e. The molecule has 4 nitrogen and oxygen atoms in total. The van der Waals surface area contributed by atoms with Gasteiger partial charge in [0.05, 0.1) is 5.25 Å². The quantitative estimate of drug-likeness (QED) is 0.749. The van der Waals surface area contributed by atoms with E-state index in [9.17, 15) is 9.90 Å². The molecule has 2 rings (SSSR count). The maximum absolute atomic E-state index is 11.4. The number of H-pyrrole nitrogens is 1. The van der Waals surface area contributed by atoms with Gasteiger partial charge in [-0.05, 0) is 22.6 Å². The Kier molecular flexibility index (Phi) is 3.83. The molecule has 2 heterocycles. The number of rotatable bonds is 1. The highest BCUT2D eigenvalue weighted by molar-refractivity contribution is 14.1. The molecule has 82 valence electrons. The van der Waals surface area contributed by atoms with Crippen LogP contribution >= 0.6 is 46.1 Å². The predicted molar refractivity (Wildman–Crippen MR) is 71.8 cm³/mol. The van der Waals surface area contributed by atoms with Crippen molar-refractivity contribution in [3.63, 3.8) is 0 Å². The Morgan fingerprint density at radius 2 is 2.33 bits per heavy atom. The summed E-state index contributed by atoms with van der Waals surface area (Å²) in [4.78, 5) is 18.2. The van der Waals surface area contributed by atoms with Gasteiger partial charge in [-0.1, -0.05) is 0 Å². The van der Waals surface area contributed by atoms with E-state index in [0.29, 0.717) is 5.82 Å². The zero-order chi connectivity index (χ0) is 10.8. The zero-order valence-electron chi connectivity index (χ0n) is 7.70. The van der Waals surface area contributed by atoms with Gasteiger partial charge in [-0.3, -0.25) is 4.79 Å². The minimum absolute atomic E-state index is 0.162. The van der Waals surface area contributed by atoms with E-state index < -0.39 is 0 Å². The van der Waals surface area contributed by atoms with Crippen LogP contribution < -0.4 is 5.56 Å². The molecule has 1 unspecified atom stereocenters. The van der Waals surface area contributed by atoms with Crippen molar-refractivity contribution in [3.8, 4) is 5.88 Å². The van der Waals surface area contributed by atoms with Crippen LogP contribution in [0.2, 0.25) is 0 Å². The van der Waals surface area contributed by atoms with Gasteiger partial charge >= 0.3 is 0 Å². The summed E-state index contributed by atoms with van der Waals surface area (Å²) in [6.45, 7) is 0. The second kappa shape index (κ2) is 4.96. The van der Waals surface area contributed by atoms with Gasteiger partial charge in [-0.15, -0.1) is 11.8 Å². The van der Waals surface area contributed by atoms with E-state index in [4.69, 9.17) is 0 Å². The molecule has 1 saturated heterocycles. The van der Waals surface area contributed by atoms with Crippen LogP contribution in [-0.2, 0) is 0 Å². The standard InChI is InChI=1S/C8H9IN2O2S2/c9-5-7(12)10-6(11-8(5)13)4-3-14-1-2-15-4/h4H,1-3H2,(H2,10,11,12,13). The van der Waals surface area contributed by atoms with Crippen molar-refractivity contribution < 1.29 is 5.11 Å². The minimum Gasteiger partial charge on any atom is -0.492 e. The van der Waals surface area contributed by atoms with Crippen molar-refractivity contribution in [2.24, 2.45) is 0 Å². The second-order valence-corrected chi connectivity index (χ2v) is 6.56. The van der Waals surface area contributed by atoms with Gasteiger partial charge in [0.15, 0.2) is 0 Å². The molecule has 1 aliphatic rings. The van der Waals surface area contributed by atoms with Gasteiger partial charge in [0, 0.05) is 17.3 Å². The van der Waals surface area contributed by atoms with Gasteiger partial charge in [-0.2, -0.15) is 16.7 Å². The molecule has 1 aromatic heterocycles. The summed E-state index contributed by atoms with van der Waals surface area (Å²) >= 11 is 5.41. The fourth-order valence-corrected chi connectivity index (χ4v) is 4.14. The largest absolute Gasteiger partial charge is 0.492 e. The van der Waals surface area contributed by atoms with E-state index in [1.165, 1.54) is 0 Å². The summed E-state index contributed by atoms with van der Waals surface area (Å²) in [7, 11) is 0. The summed E-state index contributed by atoms with van der Waals surface area (Å²) in [5.74, 6) is 3.57. The fraction of sp³-hybridized carbons (Fsp3) is 0.500. The van der Waals surface area contributed by atoms with Crippen molar-refractivity contribution in [2.45, 2.75) is 5.25 Å². The number of hydrogen-bond donors (Lipinski definition) is 2. The van der Waals surface area contributed by atoms with Gasteiger partial charge in [0.25, 0.3) is 5.56 Å². The fourth-order valence-electron chi connectivity index (χ4n) is 1.26. The molecule has 0 spiro atoms. The summed E-state index contributed by atoms with van der Waals surface area (Å²) in [6.07, 6.45) is 0. The molecular weight excluding hydrogens is 347 g/mol. The molecule has 1 aliphatic heterocycles. The summed E-state index contributed by atoms with van der Waals surface area (Å²) in [5, 5.41) is 9.65. The Morgan fingerprint density at radius 1 is 1.53 bits per heavy atom. The van der Waals surface area contributed by atoms with Gasteiger partial charge < -0.3 is 10.1 Å². The van der Waals surface area contributed by atoms with Crippen LogP contribution in [0.1, 0.15) is 11.1 Å². The van der Waals surface area contributed by atoms with Crippen LogP contribution in [0.15, 0.2) is 4.79 Å². The molecule has 1 fully saturated rings. The SMILES string of the molecule is O=c1[nH]c(C2CSCCS2)nc(O)c1I. The van der Waals surface area contributed by atoms with Crippen molar-refractivity contribution in [2.75, 3.05) is 17.3 Å². The van der Waals surface area contributed by atoms with E-state index in [2.05, 4.69) is 9.97 Å². The molecule has 7 heteroatoms. The Hall–Kier alpha value is 0.110. The Morgan fingerprint density at radius 3 is 2.93 bits per heavy atom. The lowest BCUT2D eigenvalue weighted by Crippen LogP contribution is -2.18. The Labute approximate surface area is 109 Å². The van der Waals surface area contributed by atoms with Crippen LogP contribution in [0.4, 0.5) is 0 Å². The number of aromatic hydroxyl groups is 1. The Bertz CT molecular complexity index is 418. The van der Waals surface area contributed by atoms with E-state index in [-0.39, 0.29) is 20.3 Å². The Balaban J connectivity index is 2.32. The van der Waals surface area contributed by atoms with Crippen molar-refractivity contribution >= 4 is 46.1 Å². The van der Waals surface area contributed by atoms with Crippen molar-refractivity contribution in [3.05, 3.63) is 19.7 Å². The van der Waals surface area contributed by atoms with Gasteiger partial charge in [-0.25, -0.2) is 0 Å². The molecule has 0 saturated carbocycles. The zero-order valence-corrected chi connectivity index (χ0v) is 11.5. The van der Waals surface area contributed by atoms with Crippen LogP contribution in [0.3, 0.4) is 0 Å². The lowest BCUT2D eigenvalue weighted by atomic mass is 10.4. The third kappa shape index (κ3) is 2.62. The molecular formula is C8H9IN2O2S2. The van der Waals surface area contributed by atoms with Crippen molar-refractivity contribution in [1.82, 2.24) is 9.97 Å². The summed E-state index contributed by atoms with van der Waals surface area (Å²) in [5.41, 5.74) is -0.255. The molecule has 0 bridgehead atoms. The number of aromatic amines is 1. The highest BCUT2D eigenvalue weighted by Crippen LogP contribution is 2.35. The molecule has 0 aliphatic carbocycles. The first-order valence-electron chi connectivity index (χ1n) is 4.36. The van der Waals surface area contributed by atoms with E-state index in [1.54, 1.807) is 34.4 Å². The molecule has 2 N–H and O–H groups in total. The first-order chi connectivity index (χ1) is 7.18. The summed E-state index contributed by atoms with van der Waals surface area (Å²) < 4.78 is 0.254. The van der Waals surface area contributed by atoms with Crippen LogP contribution in [0.25, 0.3) is 0 Å². The first kappa shape index (κ1) is 11.6. The lowest BCUT2D eigenvalue weighted by Gasteiger charge is -2.19. The molecule has 15 heavy (non-hydrogen) atoms. The third-order valence-electron chi connectivity index (χ3n) is 1.98.